The highest BCUT2D eigenvalue weighted by atomic mass is 19.1. The molecule has 0 bridgehead atoms. The number of hydrogen-bond donors (Lipinski definition) is 1. The molecule has 0 aliphatic rings. The highest BCUT2D eigenvalue weighted by molar-refractivity contribution is 5.94. The molecule has 1 amide bonds. The molecular formula is C21H20FN3O2. The van der Waals surface area contributed by atoms with Crippen LogP contribution < -0.4 is 10.1 Å². The molecule has 3 rings (SSSR count). The van der Waals surface area contributed by atoms with E-state index in [0.29, 0.717) is 29.1 Å². The summed E-state index contributed by atoms with van der Waals surface area (Å²) in [4.78, 5) is 20.7. The van der Waals surface area contributed by atoms with Crippen molar-refractivity contribution in [1.29, 1.82) is 0 Å². The zero-order chi connectivity index (χ0) is 19.1. The number of hydrogen-bond acceptors (Lipinski definition) is 4. The Hall–Kier alpha value is -3.28. The lowest BCUT2D eigenvalue weighted by atomic mass is 10.1. The van der Waals surface area contributed by atoms with Crippen molar-refractivity contribution in [2.45, 2.75) is 12.8 Å². The summed E-state index contributed by atoms with van der Waals surface area (Å²) < 4.78 is 19.1. The highest BCUT2D eigenvalue weighted by Gasteiger charge is 2.10. The van der Waals surface area contributed by atoms with Crippen molar-refractivity contribution in [3.05, 3.63) is 78.0 Å². The molecule has 0 saturated heterocycles. The van der Waals surface area contributed by atoms with Crippen LogP contribution in [0, 0.1) is 5.82 Å². The molecule has 0 unspecified atom stereocenters. The maximum Gasteiger partial charge on any atom is 0.252 e. The van der Waals surface area contributed by atoms with Crippen molar-refractivity contribution >= 4 is 5.91 Å². The standard InChI is InChI=1S/C21H20FN3O2/c1-27-17-8-9-19(22)18(13-17)20-10-7-15(14-25-20)21(26)24-12-4-6-16-5-2-3-11-23-16/h2-3,5,7-11,13-14H,4,6,12H2,1H3,(H,24,26). The minimum atomic E-state index is -0.393. The molecular weight excluding hydrogens is 345 g/mol. The molecule has 0 fully saturated rings. The summed E-state index contributed by atoms with van der Waals surface area (Å²) in [7, 11) is 1.52. The molecule has 1 aromatic carbocycles. The fourth-order valence-electron chi connectivity index (χ4n) is 2.63. The van der Waals surface area contributed by atoms with E-state index in [0.717, 1.165) is 18.5 Å². The predicted octanol–water partition coefficient (Wildman–Crippen LogP) is 3.65. The van der Waals surface area contributed by atoms with Crippen molar-refractivity contribution in [2.24, 2.45) is 0 Å². The molecule has 0 aliphatic carbocycles. The lowest BCUT2D eigenvalue weighted by Gasteiger charge is -2.08. The summed E-state index contributed by atoms with van der Waals surface area (Å²) in [6, 6.07) is 13.5. The maximum atomic E-state index is 14.0. The second-order valence-electron chi connectivity index (χ2n) is 5.96. The first kappa shape index (κ1) is 18.5. The Balaban J connectivity index is 1.57. The Morgan fingerprint density at radius 2 is 2.04 bits per heavy atom. The van der Waals surface area contributed by atoms with Crippen molar-refractivity contribution in [3.8, 4) is 17.0 Å². The number of nitrogens with one attached hydrogen (secondary N) is 1. The molecule has 27 heavy (non-hydrogen) atoms. The van der Waals surface area contributed by atoms with Crippen LogP contribution in [0.5, 0.6) is 5.75 Å². The molecule has 2 heterocycles. The number of aryl methyl sites for hydroxylation is 1. The third-order valence-electron chi connectivity index (χ3n) is 4.10. The SMILES string of the molecule is COc1ccc(F)c(-c2ccc(C(=O)NCCCc3ccccn3)cn2)c1. The van der Waals surface area contributed by atoms with E-state index < -0.39 is 5.82 Å². The van der Waals surface area contributed by atoms with Gasteiger partial charge < -0.3 is 10.1 Å². The molecule has 1 N–H and O–H groups in total. The predicted molar refractivity (Wildman–Crippen MR) is 101 cm³/mol. The van der Waals surface area contributed by atoms with E-state index >= 15 is 0 Å². The smallest absolute Gasteiger partial charge is 0.252 e. The average molecular weight is 365 g/mol. The maximum absolute atomic E-state index is 14.0. The number of benzene rings is 1. The number of aromatic nitrogens is 2. The van der Waals surface area contributed by atoms with Gasteiger partial charge in [-0.1, -0.05) is 6.07 Å². The zero-order valence-electron chi connectivity index (χ0n) is 15.0. The third kappa shape index (κ3) is 4.88. The van der Waals surface area contributed by atoms with Gasteiger partial charge in [0.15, 0.2) is 0 Å². The Labute approximate surface area is 157 Å². The van der Waals surface area contributed by atoms with Crippen LogP contribution in [0.2, 0.25) is 0 Å². The molecule has 0 spiro atoms. The topological polar surface area (TPSA) is 64.1 Å². The second kappa shape index (κ2) is 8.89. The number of rotatable bonds is 7. The van der Waals surface area contributed by atoms with Crippen LogP contribution in [0.25, 0.3) is 11.3 Å². The van der Waals surface area contributed by atoms with E-state index in [4.69, 9.17) is 4.74 Å². The van der Waals surface area contributed by atoms with Crippen molar-refractivity contribution in [1.82, 2.24) is 15.3 Å². The van der Waals surface area contributed by atoms with Gasteiger partial charge >= 0.3 is 0 Å². The Bertz CT molecular complexity index is 899. The number of methoxy groups -OCH3 is 1. The highest BCUT2D eigenvalue weighted by Crippen LogP contribution is 2.25. The van der Waals surface area contributed by atoms with Gasteiger partial charge in [-0.15, -0.1) is 0 Å². The van der Waals surface area contributed by atoms with Gasteiger partial charge in [0.1, 0.15) is 11.6 Å². The number of ether oxygens (including phenoxy) is 1. The molecule has 2 aromatic heterocycles. The largest absolute Gasteiger partial charge is 0.497 e. The monoisotopic (exact) mass is 365 g/mol. The van der Waals surface area contributed by atoms with Crippen LogP contribution in [0.15, 0.2) is 60.9 Å². The Kier molecular flexibility index (Phi) is 6.10. The van der Waals surface area contributed by atoms with Gasteiger partial charge in [-0.05, 0) is 55.3 Å². The number of amides is 1. The summed E-state index contributed by atoms with van der Waals surface area (Å²) >= 11 is 0. The van der Waals surface area contributed by atoms with Crippen molar-refractivity contribution in [3.63, 3.8) is 0 Å². The number of carbonyl (C=O) groups excluding carboxylic acids is 1. The van der Waals surface area contributed by atoms with Crippen LogP contribution in [0.1, 0.15) is 22.5 Å². The van der Waals surface area contributed by atoms with Crippen LogP contribution in [-0.2, 0) is 6.42 Å². The van der Waals surface area contributed by atoms with Crippen molar-refractivity contribution < 1.29 is 13.9 Å². The number of halogens is 1. The Morgan fingerprint density at radius 3 is 2.74 bits per heavy atom. The van der Waals surface area contributed by atoms with Gasteiger partial charge in [-0.3, -0.25) is 14.8 Å². The van der Waals surface area contributed by atoms with E-state index in [1.807, 2.05) is 18.2 Å². The van der Waals surface area contributed by atoms with E-state index in [9.17, 15) is 9.18 Å². The fraction of sp³-hybridized carbons (Fsp3) is 0.190. The molecule has 0 saturated carbocycles. The summed E-state index contributed by atoms with van der Waals surface area (Å²) in [6.07, 6.45) is 4.80. The van der Waals surface area contributed by atoms with Crippen molar-refractivity contribution in [2.75, 3.05) is 13.7 Å². The Morgan fingerprint density at radius 1 is 1.15 bits per heavy atom. The van der Waals surface area contributed by atoms with Gasteiger partial charge in [0.2, 0.25) is 0 Å². The van der Waals surface area contributed by atoms with Crippen LogP contribution >= 0.6 is 0 Å². The summed E-state index contributed by atoms with van der Waals surface area (Å²) in [5.74, 6) is -0.0564. The van der Waals surface area contributed by atoms with E-state index in [2.05, 4.69) is 15.3 Å². The molecule has 6 heteroatoms. The fourth-order valence-corrected chi connectivity index (χ4v) is 2.63. The second-order valence-corrected chi connectivity index (χ2v) is 5.96. The van der Waals surface area contributed by atoms with Crippen LogP contribution in [0.3, 0.4) is 0 Å². The summed E-state index contributed by atoms with van der Waals surface area (Å²) in [5.41, 5.74) is 2.20. The quantitative estimate of drug-likeness (QED) is 0.649. The van der Waals surface area contributed by atoms with Gasteiger partial charge in [-0.25, -0.2) is 4.39 Å². The molecule has 0 aliphatic heterocycles. The van der Waals surface area contributed by atoms with Gasteiger partial charge in [0.25, 0.3) is 5.91 Å². The van der Waals surface area contributed by atoms with Crippen LogP contribution in [0.4, 0.5) is 4.39 Å². The molecule has 3 aromatic rings. The first-order valence-corrected chi connectivity index (χ1v) is 8.65. The summed E-state index contributed by atoms with van der Waals surface area (Å²) in [5, 5.41) is 2.86. The zero-order valence-corrected chi connectivity index (χ0v) is 15.0. The molecule has 138 valence electrons. The number of carbonyl (C=O) groups is 1. The third-order valence-corrected chi connectivity index (χ3v) is 4.10. The number of nitrogens with zero attached hydrogens (tertiary/aromatic N) is 2. The minimum Gasteiger partial charge on any atom is -0.497 e. The first-order chi connectivity index (χ1) is 13.2. The van der Waals surface area contributed by atoms with Gasteiger partial charge in [-0.2, -0.15) is 0 Å². The average Bonchev–Trinajstić information content (AvgIpc) is 2.72. The van der Waals surface area contributed by atoms with E-state index in [1.54, 1.807) is 30.5 Å². The van der Waals surface area contributed by atoms with Gasteiger partial charge in [0, 0.05) is 30.2 Å². The lowest BCUT2D eigenvalue weighted by molar-refractivity contribution is 0.0953. The van der Waals surface area contributed by atoms with E-state index in [1.165, 1.54) is 19.4 Å². The van der Waals surface area contributed by atoms with E-state index in [-0.39, 0.29) is 5.91 Å². The molecule has 0 atom stereocenters. The number of pyridine rings is 2. The normalized spacial score (nSPS) is 10.4. The summed E-state index contributed by atoms with van der Waals surface area (Å²) in [6.45, 7) is 0.543. The van der Waals surface area contributed by atoms with Crippen LogP contribution in [-0.4, -0.2) is 29.5 Å². The minimum absolute atomic E-state index is 0.207. The van der Waals surface area contributed by atoms with Gasteiger partial charge in [0.05, 0.1) is 18.4 Å². The molecule has 5 nitrogen and oxygen atoms in total. The molecule has 0 radical (unpaired) electrons. The lowest BCUT2D eigenvalue weighted by Crippen LogP contribution is -2.24. The first-order valence-electron chi connectivity index (χ1n) is 8.65.